The lowest BCUT2D eigenvalue weighted by molar-refractivity contribution is -0.129. The second-order valence-electron chi connectivity index (χ2n) is 7.66. The molecule has 6 nitrogen and oxygen atoms in total. The summed E-state index contributed by atoms with van der Waals surface area (Å²) in [5.74, 6) is -0.0758. The van der Waals surface area contributed by atoms with E-state index in [1.807, 2.05) is 6.26 Å². The molecule has 1 aromatic rings. The predicted molar refractivity (Wildman–Crippen MR) is 107 cm³/mol. The minimum absolute atomic E-state index is 0.204. The number of hydrogen-bond acceptors (Lipinski definition) is 6. The van der Waals surface area contributed by atoms with Crippen molar-refractivity contribution in [3.8, 4) is 6.07 Å². The van der Waals surface area contributed by atoms with Crippen LogP contribution < -0.4 is 5.32 Å². The van der Waals surface area contributed by atoms with Gasteiger partial charge in [-0.05, 0) is 50.8 Å². The second kappa shape index (κ2) is 9.42. The first kappa shape index (κ1) is 20.7. The molecule has 0 spiro atoms. The van der Waals surface area contributed by atoms with Gasteiger partial charge in [-0.25, -0.2) is 9.78 Å². The summed E-state index contributed by atoms with van der Waals surface area (Å²) in [6.07, 6.45) is 8.98. The number of carbonyl (C=O) groups is 2. The van der Waals surface area contributed by atoms with Gasteiger partial charge in [-0.15, -0.1) is 11.8 Å². The van der Waals surface area contributed by atoms with Crippen molar-refractivity contribution < 1.29 is 14.3 Å². The van der Waals surface area contributed by atoms with E-state index in [0.29, 0.717) is 23.4 Å². The van der Waals surface area contributed by atoms with Crippen LogP contribution in [0.3, 0.4) is 0 Å². The van der Waals surface area contributed by atoms with Crippen LogP contribution in [0.15, 0.2) is 11.1 Å². The summed E-state index contributed by atoms with van der Waals surface area (Å²) in [7, 11) is 0. The molecule has 150 valence electrons. The normalized spacial score (nSPS) is 18.2. The van der Waals surface area contributed by atoms with E-state index in [4.69, 9.17) is 4.74 Å². The molecule has 1 aromatic heterocycles. The Labute approximate surface area is 170 Å². The van der Waals surface area contributed by atoms with Crippen molar-refractivity contribution >= 4 is 23.6 Å². The van der Waals surface area contributed by atoms with Crippen LogP contribution in [-0.4, -0.2) is 35.8 Å². The Morgan fingerprint density at radius 2 is 2.04 bits per heavy atom. The number of hydrogen-bond donors (Lipinski definition) is 1. The van der Waals surface area contributed by atoms with Crippen LogP contribution in [0.1, 0.15) is 79.4 Å². The van der Waals surface area contributed by atoms with E-state index in [2.05, 4.69) is 16.4 Å². The minimum Gasteiger partial charge on any atom is -0.449 e. The largest absolute Gasteiger partial charge is 0.449 e. The number of pyridine rings is 1. The number of ether oxygens (including phenoxy) is 1. The minimum atomic E-state index is -0.905. The first-order valence-corrected chi connectivity index (χ1v) is 11.2. The fraction of sp³-hybridized carbons (Fsp3) is 0.619. The molecule has 1 amide bonds. The van der Waals surface area contributed by atoms with E-state index < -0.39 is 12.1 Å². The lowest BCUT2D eigenvalue weighted by Gasteiger charge is -2.22. The number of esters is 1. The van der Waals surface area contributed by atoms with Gasteiger partial charge in [-0.1, -0.05) is 19.3 Å². The summed E-state index contributed by atoms with van der Waals surface area (Å²) in [5.41, 5.74) is 1.25. The lowest BCUT2D eigenvalue weighted by Crippen LogP contribution is -2.38. The summed E-state index contributed by atoms with van der Waals surface area (Å²) in [4.78, 5) is 29.6. The number of nitriles is 1. The highest BCUT2D eigenvalue weighted by Crippen LogP contribution is 2.40. The molecule has 0 aromatic carbocycles. The van der Waals surface area contributed by atoms with E-state index >= 15 is 0 Å². The molecule has 0 saturated heterocycles. The molecule has 2 fully saturated rings. The van der Waals surface area contributed by atoms with Gasteiger partial charge >= 0.3 is 5.97 Å². The highest BCUT2D eigenvalue weighted by molar-refractivity contribution is 7.98. The van der Waals surface area contributed by atoms with Crippen molar-refractivity contribution in [2.24, 2.45) is 5.92 Å². The maximum atomic E-state index is 12.7. The molecule has 1 unspecified atom stereocenters. The Morgan fingerprint density at radius 3 is 2.64 bits per heavy atom. The van der Waals surface area contributed by atoms with E-state index in [1.165, 1.54) is 31.0 Å². The van der Waals surface area contributed by atoms with Crippen molar-refractivity contribution in [1.82, 2.24) is 10.3 Å². The summed E-state index contributed by atoms with van der Waals surface area (Å²) >= 11 is 1.34. The second-order valence-corrected chi connectivity index (χ2v) is 8.46. The van der Waals surface area contributed by atoms with Gasteiger partial charge < -0.3 is 10.1 Å². The van der Waals surface area contributed by atoms with E-state index in [0.717, 1.165) is 31.4 Å². The van der Waals surface area contributed by atoms with E-state index in [9.17, 15) is 14.9 Å². The van der Waals surface area contributed by atoms with Gasteiger partial charge in [0, 0.05) is 18.2 Å². The van der Waals surface area contributed by atoms with Gasteiger partial charge in [0.05, 0.1) is 11.1 Å². The van der Waals surface area contributed by atoms with Crippen LogP contribution in [0.4, 0.5) is 0 Å². The molecule has 1 N–H and O–H groups in total. The van der Waals surface area contributed by atoms with E-state index in [-0.39, 0.29) is 17.0 Å². The maximum Gasteiger partial charge on any atom is 0.340 e. The van der Waals surface area contributed by atoms with Gasteiger partial charge in [0.15, 0.2) is 6.10 Å². The van der Waals surface area contributed by atoms with Crippen molar-refractivity contribution in [1.29, 1.82) is 5.26 Å². The average molecular weight is 402 g/mol. The summed E-state index contributed by atoms with van der Waals surface area (Å²) < 4.78 is 5.40. The third-order valence-corrected chi connectivity index (χ3v) is 6.15. The molecular formula is C21H27N3O3S. The molecule has 2 aliphatic rings. The molecular weight excluding hydrogens is 374 g/mol. The quantitative estimate of drug-likeness (QED) is 0.552. The standard InChI is InChI=1S/C21H27N3O3S/c1-13(19(25)23-12-14-6-4-3-5-7-14)27-21(26)16-10-18(15-8-9-15)24-20(28-2)17(16)11-22/h10,13-15H,3-9,12H2,1-2H3,(H,23,25). The fourth-order valence-electron chi connectivity index (χ4n) is 3.60. The van der Waals surface area contributed by atoms with Crippen LogP contribution in [0.5, 0.6) is 0 Å². The number of thioether (sulfide) groups is 1. The van der Waals surface area contributed by atoms with E-state index in [1.54, 1.807) is 13.0 Å². The molecule has 0 bridgehead atoms. The van der Waals surface area contributed by atoms with Gasteiger partial charge in [0.1, 0.15) is 11.1 Å². The van der Waals surface area contributed by atoms with Crippen LogP contribution in [0.2, 0.25) is 0 Å². The first-order chi connectivity index (χ1) is 13.5. The van der Waals surface area contributed by atoms with Crippen LogP contribution >= 0.6 is 11.8 Å². The zero-order valence-electron chi connectivity index (χ0n) is 16.5. The summed E-state index contributed by atoms with van der Waals surface area (Å²) in [5, 5.41) is 12.9. The molecule has 2 saturated carbocycles. The Balaban J connectivity index is 1.65. The molecule has 3 rings (SSSR count). The SMILES string of the molecule is CSc1nc(C2CC2)cc(C(=O)OC(C)C(=O)NCC2CCCCC2)c1C#N. The zero-order valence-corrected chi connectivity index (χ0v) is 17.3. The number of nitrogens with one attached hydrogen (secondary N) is 1. The maximum absolute atomic E-state index is 12.7. The predicted octanol–water partition coefficient (Wildman–Crippen LogP) is 3.79. The molecule has 0 aliphatic heterocycles. The Bertz CT molecular complexity index is 780. The smallest absolute Gasteiger partial charge is 0.340 e. The molecule has 0 radical (unpaired) electrons. The van der Waals surface area contributed by atoms with Gasteiger partial charge in [0.2, 0.25) is 0 Å². The first-order valence-electron chi connectivity index (χ1n) is 10.0. The third-order valence-electron chi connectivity index (χ3n) is 5.47. The van der Waals surface area contributed by atoms with Crippen molar-refractivity contribution in [3.63, 3.8) is 0 Å². The average Bonchev–Trinajstić information content (AvgIpc) is 3.56. The Morgan fingerprint density at radius 1 is 1.32 bits per heavy atom. The highest BCUT2D eigenvalue weighted by Gasteiger charge is 2.30. The molecule has 2 aliphatic carbocycles. The van der Waals surface area contributed by atoms with Crippen LogP contribution in [0, 0.1) is 17.2 Å². The fourth-order valence-corrected chi connectivity index (χ4v) is 4.16. The molecule has 7 heteroatoms. The van der Waals surface area contributed by atoms with Crippen LogP contribution in [-0.2, 0) is 9.53 Å². The number of amides is 1. The van der Waals surface area contributed by atoms with Crippen molar-refractivity contribution in [3.05, 3.63) is 22.9 Å². The topological polar surface area (TPSA) is 92.1 Å². The van der Waals surface area contributed by atoms with Crippen LogP contribution in [0.25, 0.3) is 0 Å². The summed E-state index contributed by atoms with van der Waals surface area (Å²) in [6, 6.07) is 3.73. The zero-order chi connectivity index (χ0) is 20.1. The summed E-state index contributed by atoms with van der Waals surface area (Å²) in [6.45, 7) is 2.19. The van der Waals surface area contributed by atoms with Gasteiger partial charge in [-0.3, -0.25) is 4.79 Å². The third kappa shape index (κ3) is 5.05. The van der Waals surface area contributed by atoms with Crippen molar-refractivity contribution in [2.45, 2.75) is 68.9 Å². The van der Waals surface area contributed by atoms with Gasteiger partial charge in [-0.2, -0.15) is 5.26 Å². The number of rotatable bonds is 7. The number of nitrogens with zero attached hydrogens (tertiary/aromatic N) is 2. The molecule has 28 heavy (non-hydrogen) atoms. The Hall–Kier alpha value is -2.07. The number of carbonyl (C=O) groups excluding carboxylic acids is 2. The number of aromatic nitrogens is 1. The monoisotopic (exact) mass is 401 g/mol. The van der Waals surface area contributed by atoms with Gasteiger partial charge in [0.25, 0.3) is 5.91 Å². The van der Waals surface area contributed by atoms with Crippen molar-refractivity contribution in [2.75, 3.05) is 12.8 Å². The highest BCUT2D eigenvalue weighted by atomic mass is 32.2. The molecule has 1 atom stereocenters. The molecule has 1 heterocycles. The Kier molecular flexibility index (Phi) is 6.95. The lowest BCUT2D eigenvalue weighted by atomic mass is 9.89.